The summed E-state index contributed by atoms with van der Waals surface area (Å²) in [6, 6.07) is 3.34. The predicted octanol–water partition coefficient (Wildman–Crippen LogP) is 2.90. The van der Waals surface area contributed by atoms with Crippen LogP contribution in [-0.2, 0) is 0 Å². The fraction of sp³-hybridized carbons (Fsp3) is 0.300. The molecule has 0 saturated carbocycles. The van der Waals surface area contributed by atoms with Crippen LogP contribution in [0.15, 0.2) is 17.3 Å². The molecule has 1 rings (SSSR count). The summed E-state index contributed by atoms with van der Waals surface area (Å²) in [7, 11) is 0. The molecule has 0 aliphatic rings. The second-order valence-electron chi connectivity index (χ2n) is 3.10. The third-order valence-corrected chi connectivity index (χ3v) is 2.09. The SMILES string of the molecule is CC(=O)c1cc(C)c(C)cc1N=O. The molecule has 0 heterocycles. The van der Waals surface area contributed by atoms with Crippen molar-refractivity contribution in [1.29, 1.82) is 0 Å². The van der Waals surface area contributed by atoms with Crippen LogP contribution >= 0.6 is 0 Å². The second-order valence-corrected chi connectivity index (χ2v) is 3.10. The van der Waals surface area contributed by atoms with E-state index in [-0.39, 0.29) is 11.5 Å². The van der Waals surface area contributed by atoms with Crippen LogP contribution in [0.1, 0.15) is 28.4 Å². The summed E-state index contributed by atoms with van der Waals surface area (Å²) >= 11 is 0. The highest BCUT2D eigenvalue weighted by Gasteiger charge is 2.09. The first-order valence-corrected chi connectivity index (χ1v) is 4.02. The first-order chi connectivity index (χ1) is 6.06. The summed E-state index contributed by atoms with van der Waals surface area (Å²) in [4.78, 5) is 21.5. The van der Waals surface area contributed by atoms with Gasteiger partial charge in [0.2, 0.25) is 0 Å². The topological polar surface area (TPSA) is 46.5 Å². The summed E-state index contributed by atoms with van der Waals surface area (Å²) < 4.78 is 0. The Kier molecular flexibility index (Phi) is 2.56. The van der Waals surface area contributed by atoms with Crippen molar-refractivity contribution in [2.24, 2.45) is 5.18 Å². The van der Waals surface area contributed by atoms with Gasteiger partial charge in [-0.1, -0.05) is 0 Å². The normalized spacial score (nSPS) is 9.77. The van der Waals surface area contributed by atoms with Crippen molar-refractivity contribution in [1.82, 2.24) is 0 Å². The molecule has 0 N–H and O–H groups in total. The average Bonchev–Trinajstić information content (AvgIpc) is 2.08. The van der Waals surface area contributed by atoms with E-state index in [1.807, 2.05) is 13.8 Å². The van der Waals surface area contributed by atoms with Gasteiger partial charge in [0, 0.05) is 5.56 Å². The molecule has 1 aromatic rings. The molecular formula is C10H11NO2. The predicted molar refractivity (Wildman–Crippen MR) is 51.4 cm³/mol. The summed E-state index contributed by atoms with van der Waals surface area (Å²) in [5.74, 6) is -0.127. The molecule has 68 valence electrons. The minimum absolute atomic E-state index is 0.127. The van der Waals surface area contributed by atoms with Gasteiger partial charge in [0.1, 0.15) is 5.69 Å². The van der Waals surface area contributed by atoms with Crippen LogP contribution in [0.3, 0.4) is 0 Å². The molecule has 0 aromatic heterocycles. The maximum atomic E-state index is 11.1. The van der Waals surface area contributed by atoms with E-state index in [1.165, 1.54) is 6.92 Å². The van der Waals surface area contributed by atoms with Crippen molar-refractivity contribution >= 4 is 11.5 Å². The molecule has 0 aliphatic carbocycles. The molecule has 0 fully saturated rings. The van der Waals surface area contributed by atoms with Crippen LogP contribution in [0.25, 0.3) is 0 Å². The number of nitroso groups, excluding NO2 is 1. The van der Waals surface area contributed by atoms with E-state index in [2.05, 4.69) is 5.18 Å². The maximum absolute atomic E-state index is 11.1. The first-order valence-electron chi connectivity index (χ1n) is 4.02. The monoisotopic (exact) mass is 177 g/mol. The first kappa shape index (κ1) is 9.58. The lowest BCUT2D eigenvalue weighted by Crippen LogP contribution is -1.94. The standard InChI is InChI=1S/C10H11NO2/c1-6-4-9(8(3)12)10(11-13)5-7(6)2/h4-5H,1-3H3. The number of rotatable bonds is 2. The summed E-state index contributed by atoms with van der Waals surface area (Å²) in [5.41, 5.74) is 2.60. The van der Waals surface area contributed by atoms with Gasteiger partial charge < -0.3 is 0 Å². The Bertz CT molecular complexity index is 369. The van der Waals surface area contributed by atoms with Gasteiger partial charge in [0.05, 0.1) is 0 Å². The molecule has 0 bridgehead atoms. The number of carbonyl (C=O) groups excluding carboxylic acids is 1. The summed E-state index contributed by atoms with van der Waals surface area (Å²) in [5, 5.41) is 2.82. The molecule has 0 radical (unpaired) electrons. The molecule has 13 heavy (non-hydrogen) atoms. The van der Waals surface area contributed by atoms with Gasteiger partial charge in [0.15, 0.2) is 5.78 Å². The number of hydrogen-bond acceptors (Lipinski definition) is 3. The zero-order valence-corrected chi connectivity index (χ0v) is 7.92. The Balaban J connectivity index is 3.41. The highest BCUT2D eigenvalue weighted by Crippen LogP contribution is 2.23. The molecular weight excluding hydrogens is 166 g/mol. The Morgan fingerprint density at radius 2 is 1.77 bits per heavy atom. The number of hydrogen-bond donors (Lipinski definition) is 0. The second kappa shape index (κ2) is 3.47. The number of aryl methyl sites for hydroxylation is 2. The van der Waals surface area contributed by atoms with Crippen LogP contribution < -0.4 is 0 Å². The van der Waals surface area contributed by atoms with E-state index < -0.39 is 0 Å². The van der Waals surface area contributed by atoms with Gasteiger partial charge >= 0.3 is 0 Å². The number of carbonyl (C=O) groups is 1. The zero-order valence-electron chi connectivity index (χ0n) is 7.92. The lowest BCUT2D eigenvalue weighted by Gasteiger charge is -2.04. The highest BCUT2D eigenvalue weighted by molar-refractivity contribution is 5.99. The lowest BCUT2D eigenvalue weighted by atomic mass is 10.0. The number of ketones is 1. The molecule has 0 aliphatic heterocycles. The molecule has 3 heteroatoms. The van der Waals surface area contributed by atoms with Gasteiger partial charge in [-0.15, -0.1) is 4.91 Å². The number of benzene rings is 1. The van der Waals surface area contributed by atoms with Crippen molar-refractivity contribution in [2.75, 3.05) is 0 Å². The fourth-order valence-electron chi connectivity index (χ4n) is 1.16. The largest absolute Gasteiger partial charge is 0.294 e. The molecule has 3 nitrogen and oxygen atoms in total. The van der Waals surface area contributed by atoms with Gasteiger partial charge in [-0.3, -0.25) is 4.79 Å². The highest BCUT2D eigenvalue weighted by atomic mass is 16.3. The van der Waals surface area contributed by atoms with Crippen molar-refractivity contribution in [3.8, 4) is 0 Å². The molecule has 0 saturated heterocycles. The van der Waals surface area contributed by atoms with Crippen molar-refractivity contribution in [3.63, 3.8) is 0 Å². The van der Waals surface area contributed by atoms with Crippen molar-refractivity contribution < 1.29 is 4.79 Å². The van der Waals surface area contributed by atoms with Crippen LogP contribution in [0.4, 0.5) is 5.69 Å². The van der Waals surface area contributed by atoms with Crippen LogP contribution in [0.5, 0.6) is 0 Å². The van der Waals surface area contributed by atoms with Crippen LogP contribution in [-0.4, -0.2) is 5.78 Å². The smallest absolute Gasteiger partial charge is 0.162 e. The minimum Gasteiger partial charge on any atom is -0.294 e. The molecule has 0 atom stereocenters. The van der Waals surface area contributed by atoms with E-state index in [4.69, 9.17) is 0 Å². The Morgan fingerprint density at radius 3 is 2.23 bits per heavy atom. The Hall–Kier alpha value is -1.51. The number of Topliss-reactive ketones (excluding diaryl/α,β-unsaturated/α-hetero) is 1. The Morgan fingerprint density at radius 1 is 1.23 bits per heavy atom. The molecule has 0 amide bonds. The van der Waals surface area contributed by atoms with E-state index >= 15 is 0 Å². The van der Waals surface area contributed by atoms with Gasteiger partial charge in [-0.05, 0) is 49.2 Å². The summed E-state index contributed by atoms with van der Waals surface area (Å²) in [6.07, 6.45) is 0. The average molecular weight is 177 g/mol. The molecule has 0 spiro atoms. The van der Waals surface area contributed by atoms with Gasteiger partial charge in [-0.25, -0.2) is 0 Å². The van der Waals surface area contributed by atoms with Crippen molar-refractivity contribution in [2.45, 2.75) is 20.8 Å². The fourth-order valence-corrected chi connectivity index (χ4v) is 1.16. The van der Waals surface area contributed by atoms with E-state index in [9.17, 15) is 9.70 Å². The van der Waals surface area contributed by atoms with E-state index in [0.717, 1.165) is 11.1 Å². The molecule has 0 unspecified atom stereocenters. The van der Waals surface area contributed by atoms with Crippen LogP contribution in [0.2, 0.25) is 0 Å². The Labute approximate surface area is 76.7 Å². The van der Waals surface area contributed by atoms with E-state index in [0.29, 0.717) is 5.56 Å². The third-order valence-electron chi connectivity index (χ3n) is 2.09. The van der Waals surface area contributed by atoms with Gasteiger partial charge in [-0.2, -0.15) is 0 Å². The lowest BCUT2D eigenvalue weighted by molar-refractivity contribution is 0.101. The molecule has 1 aromatic carbocycles. The van der Waals surface area contributed by atoms with Crippen molar-refractivity contribution in [3.05, 3.63) is 33.7 Å². The van der Waals surface area contributed by atoms with E-state index in [1.54, 1.807) is 12.1 Å². The zero-order chi connectivity index (χ0) is 10.0. The van der Waals surface area contributed by atoms with Gasteiger partial charge in [0.25, 0.3) is 0 Å². The minimum atomic E-state index is -0.127. The summed E-state index contributed by atoms with van der Waals surface area (Å²) in [6.45, 7) is 5.21. The third kappa shape index (κ3) is 1.80. The van der Waals surface area contributed by atoms with Crippen LogP contribution in [0, 0.1) is 18.8 Å². The number of nitrogens with zero attached hydrogens (tertiary/aromatic N) is 1. The maximum Gasteiger partial charge on any atom is 0.162 e. The quantitative estimate of drug-likeness (QED) is 0.515.